The third kappa shape index (κ3) is 2.13. The summed E-state index contributed by atoms with van der Waals surface area (Å²) < 4.78 is 1.55. The highest BCUT2D eigenvalue weighted by Crippen LogP contribution is 2.08. The summed E-state index contributed by atoms with van der Waals surface area (Å²) in [5.74, 6) is 0. The van der Waals surface area contributed by atoms with Crippen LogP contribution in [0.1, 0.15) is 19.3 Å². The van der Waals surface area contributed by atoms with Gasteiger partial charge in [0.05, 0.1) is 23.6 Å². The van der Waals surface area contributed by atoms with Crippen molar-refractivity contribution in [1.29, 1.82) is 0 Å². The van der Waals surface area contributed by atoms with Crippen LogP contribution >= 0.6 is 0 Å². The van der Waals surface area contributed by atoms with Gasteiger partial charge in [-0.15, -0.1) is 0 Å². The van der Waals surface area contributed by atoms with E-state index in [4.69, 9.17) is 0 Å². The second-order valence-electron chi connectivity index (χ2n) is 4.71. The summed E-state index contributed by atoms with van der Waals surface area (Å²) in [4.78, 5) is 16.4. The molecule has 2 aromatic heterocycles. The van der Waals surface area contributed by atoms with Crippen molar-refractivity contribution in [2.75, 3.05) is 6.54 Å². The highest BCUT2D eigenvalue weighted by molar-refractivity contribution is 5.75. The van der Waals surface area contributed by atoms with Crippen LogP contribution in [-0.2, 0) is 6.54 Å². The zero-order valence-corrected chi connectivity index (χ0v) is 10.2. The highest BCUT2D eigenvalue weighted by Gasteiger charge is 2.14. The zero-order chi connectivity index (χ0) is 12.4. The van der Waals surface area contributed by atoms with Crippen LogP contribution in [0, 0.1) is 0 Å². The molecule has 0 aromatic carbocycles. The molecule has 1 N–H and O–H groups in total. The van der Waals surface area contributed by atoms with E-state index in [9.17, 15) is 4.79 Å². The van der Waals surface area contributed by atoms with Gasteiger partial charge in [-0.2, -0.15) is 5.10 Å². The lowest BCUT2D eigenvalue weighted by Crippen LogP contribution is -2.40. The second kappa shape index (κ2) is 4.86. The predicted octanol–water partition coefficient (Wildman–Crippen LogP) is 0.934. The van der Waals surface area contributed by atoms with Crippen LogP contribution < -0.4 is 10.9 Å². The molecule has 0 saturated carbocycles. The normalized spacial score (nSPS) is 20.1. The van der Waals surface area contributed by atoms with Gasteiger partial charge < -0.3 is 5.32 Å². The molecule has 1 atom stereocenters. The average Bonchev–Trinajstić information content (AvgIpc) is 2.43. The van der Waals surface area contributed by atoms with Crippen molar-refractivity contribution in [2.45, 2.75) is 31.8 Å². The molecule has 0 bridgehead atoms. The molecule has 5 heteroatoms. The van der Waals surface area contributed by atoms with Crippen molar-refractivity contribution in [3.8, 4) is 0 Å². The smallest absolute Gasteiger partial charge is 0.276 e. The minimum absolute atomic E-state index is 0.0482. The van der Waals surface area contributed by atoms with Crippen LogP contribution in [0.2, 0.25) is 0 Å². The maximum atomic E-state index is 12.2. The molecule has 0 radical (unpaired) electrons. The first-order valence-corrected chi connectivity index (χ1v) is 6.39. The maximum Gasteiger partial charge on any atom is 0.276 e. The lowest BCUT2D eigenvalue weighted by atomic mass is 10.1. The molecule has 2 aromatic rings. The third-order valence-corrected chi connectivity index (χ3v) is 3.43. The fraction of sp³-hybridized carbons (Fsp3) is 0.462. The van der Waals surface area contributed by atoms with Gasteiger partial charge in [-0.05, 0) is 31.5 Å². The van der Waals surface area contributed by atoms with Gasteiger partial charge in [-0.3, -0.25) is 9.78 Å². The van der Waals surface area contributed by atoms with Crippen molar-refractivity contribution < 1.29 is 0 Å². The van der Waals surface area contributed by atoms with E-state index in [0.29, 0.717) is 23.5 Å². The molecular formula is C13H16N4O. The molecule has 1 fully saturated rings. The summed E-state index contributed by atoms with van der Waals surface area (Å²) in [7, 11) is 0. The summed E-state index contributed by atoms with van der Waals surface area (Å²) in [6.45, 7) is 1.68. The molecular weight excluding hydrogens is 228 g/mol. The van der Waals surface area contributed by atoms with Gasteiger partial charge in [0.2, 0.25) is 0 Å². The number of piperidine rings is 1. The zero-order valence-electron chi connectivity index (χ0n) is 10.2. The fourth-order valence-electron chi connectivity index (χ4n) is 2.44. The van der Waals surface area contributed by atoms with Gasteiger partial charge in [0.1, 0.15) is 0 Å². The first-order valence-electron chi connectivity index (χ1n) is 6.39. The Labute approximate surface area is 105 Å². The standard InChI is InChI=1S/C13H16N4O/c18-13-11-5-3-7-15-12(11)8-16-17(13)9-10-4-1-2-6-14-10/h3,5,7-8,10,14H,1-2,4,6,9H2. The van der Waals surface area contributed by atoms with Crippen LogP contribution in [0.15, 0.2) is 29.3 Å². The Morgan fingerprint density at radius 2 is 2.39 bits per heavy atom. The Kier molecular flexibility index (Phi) is 3.06. The Morgan fingerprint density at radius 3 is 3.22 bits per heavy atom. The average molecular weight is 244 g/mol. The molecule has 3 rings (SSSR count). The van der Waals surface area contributed by atoms with Crippen LogP contribution in [0.4, 0.5) is 0 Å². The van der Waals surface area contributed by atoms with Crippen molar-refractivity contribution >= 4 is 10.9 Å². The first-order chi connectivity index (χ1) is 8.84. The van der Waals surface area contributed by atoms with Crippen molar-refractivity contribution in [3.05, 3.63) is 34.9 Å². The van der Waals surface area contributed by atoms with Gasteiger partial charge in [-0.1, -0.05) is 6.42 Å². The highest BCUT2D eigenvalue weighted by atomic mass is 16.1. The molecule has 1 unspecified atom stereocenters. The first kappa shape index (κ1) is 11.3. The molecule has 1 aliphatic heterocycles. The van der Waals surface area contributed by atoms with E-state index in [1.54, 1.807) is 29.2 Å². The number of hydrogen-bond acceptors (Lipinski definition) is 4. The SMILES string of the molecule is O=c1c2cccnc2cnn1CC1CCCCN1. The van der Waals surface area contributed by atoms with Crippen LogP contribution in [-0.4, -0.2) is 27.4 Å². The topological polar surface area (TPSA) is 59.8 Å². The van der Waals surface area contributed by atoms with E-state index in [1.165, 1.54) is 12.8 Å². The summed E-state index contributed by atoms with van der Waals surface area (Å²) in [5.41, 5.74) is 0.614. The number of pyridine rings is 1. The maximum absolute atomic E-state index is 12.2. The van der Waals surface area contributed by atoms with Crippen LogP contribution in [0.25, 0.3) is 10.9 Å². The lowest BCUT2D eigenvalue weighted by molar-refractivity contribution is 0.346. The Hall–Kier alpha value is -1.75. The summed E-state index contributed by atoms with van der Waals surface area (Å²) in [5, 5.41) is 8.27. The van der Waals surface area contributed by atoms with Gasteiger partial charge in [0.25, 0.3) is 5.56 Å². The minimum atomic E-state index is -0.0482. The summed E-state index contributed by atoms with van der Waals surface area (Å²) in [6, 6.07) is 3.95. The monoisotopic (exact) mass is 244 g/mol. The minimum Gasteiger partial charge on any atom is -0.312 e. The number of aromatic nitrogens is 3. The Morgan fingerprint density at radius 1 is 1.44 bits per heavy atom. The quantitative estimate of drug-likeness (QED) is 0.854. The van der Waals surface area contributed by atoms with Crippen LogP contribution in [0.3, 0.4) is 0 Å². The molecule has 5 nitrogen and oxygen atoms in total. The molecule has 18 heavy (non-hydrogen) atoms. The molecule has 0 aliphatic carbocycles. The number of nitrogens with one attached hydrogen (secondary N) is 1. The van der Waals surface area contributed by atoms with Crippen LogP contribution in [0.5, 0.6) is 0 Å². The Balaban J connectivity index is 1.92. The van der Waals surface area contributed by atoms with Crippen molar-refractivity contribution in [1.82, 2.24) is 20.1 Å². The molecule has 0 spiro atoms. The number of fused-ring (bicyclic) bond motifs is 1. The number of rotatable bonds is 2. The largest absolute Gasteiger partial charge is 0.312 e. The molecule has 3 heterocycles. The molecule has 1 saturated heterocycles. The molecule has 94 valence electrons. The lowest BCUT2D eigenvalue weighted by Gasteiger charge is -2.23. The van der Waals surface area contributed by atoms with E-state index in [2.05, 4.69) is 15.4 Å². The van der Waals surface area contributed by atoms with E-state index in [0.717, 1.165) is 13.0 Å². The molecule has 1 aliphatic rings. The summed E-state index contributed by atoms with van der Waals surface area (Å²) >= 11 is 0. The Bertz CT molecular complexity index is 601. The van der Waals surface area contributed by atoms with E-state index in [-0.39, 0.29) is 5.56 Å². The van der Waals surface area contributed by atoms with Gasteiger partial charge in [0, 0.05) is 12.2 Å². The predicted molar refractivity (Wildman–Crippen MR) is 69.4 cm³/mol. The van der Waals surface area contributed by atoms with E-state index in [1.807, 2.05) is 0 Å². The molecule has 0 amide bonds. The van der Waals surface area contributed by atoms with E-state index < -0.39 is 0 Å². The third-order valence-electron chi connectivity index (χ3n) is 3.43. The number of hydrogen-bond donors (Lipinski definition) is 1. The number of nitrogens with zero attached hydrogens (tertiary/aromatic N) is 3. The van der Waals surface area contributed by atoms with Gasteiger partial charge in [-0.25, -0.2) is 4.68 Å². The fourth-order valence-corrected chi connectivity index (χ4v) is 2.44. The second-order valence-corrected chi connectivity index (χ2v) is 4.71. The van der Waals surface area contributed by atoms with Gasteiger partial charge in [0.15, 0.2) is 0 Å². The summed E-state index contributed by atoms with van der Waals surface area (Å²) in [6.07, 6.45) is 6.90. The van der Waals surface area contributed by atoms with E-state index >= 15 is 0 Å². The van der Waals surface area contributed by atoms with Crippen molar-refractivity contribution in [3.63, 3.8) is 0 Å². The van der Waals surface area contributed by atoms with Gasteiger partial charge >= 0.3 is 0 Å². The van der Waals surface area contributed by atoms with Crippen molar-refractivity contribution in [2.24, 2.45) is 0 Å².